The summed E-state index contributed by atoms with van der Waals surface area (Å²) >= 11 is 0. The Morgan fingerprint density at radius 2 is 0.544 bits per heavy atom. The zero-order chi connectivity index (χ0) is 45.7. The van der Waals surface area contributed by atoms with E-state index >= 15 is 26.3 Å². The lowest BCUT2D eigenvalue weighted by Crippen LogP contribution is -2.00. The highest BCUT2D eigenvalue weighted by Gasteiger charge is 2.30. The van der Waals surface area contributed by atoms with Gasteiger partial charge in [-0.2, -0.15) is 0 Å². The smallest absolute Gasteiger partial charge is 0.169 e. The molecule has 0 aliphatic carbocycles. The summed E-state index contributed by atoms with van der Waals surface area (Å²) in [6.45, 7) is 0. The van der Waals surface area contributed by atoms with Crippen molar-refractivity contribution in [2.75, 3.05) is 0 Å². The van der Waals surface area contributed by atoms with Gasteiger partial charge in [0.2, 0.25) is 0 Å². The molecule has 320 valence electrons. The molecule has 6 heteroatoms. The van der Waals surface area contributed by atoms with Crippen molar-refractivity contribution in [2.24, 2.45) is 0 Å². The summed E-state index contributed by atoms with van der Waals surface area (Å²) in [5, 5.41) is 14.5. The maximum atomic E-state index is 16.3. The highest BCUT2D eigenvalue weighted by molar-refractivity contribution is 6.51. The van der Waals surface area contributed by atoms with Gasteiger partial charge in [0.25, 0.3) is 0 Å². The van der Waals surface area contributed by atoms with E-state index in [1.807, 2.05) is 30.3 Å². The fraction of sp³-hybridized carbons (Fsp3) is 0. The summed E-state index contributed by atoms with van der Waals surface area (Å²) in [4.78, 5) is 0. The number of hydrogen-bond donors (Lipinski definition) is 0. The number of halogens is 6. The molecule has 0 atom stereocenters. The number of benzene rings is 12. The van der Waals surface area contributed by atoms with Gasteiger partial charge in [0.1, 0.15) is 11.6 Å². The molecule has 0 radical (unpaired) electrons. The maximum Gasteiger partial charge on any atom is 0.169 e. The second-order valence-electron chi connectivity index (χ2n) is 17.7. The first-order chi connectivity index (χ1) is 33.3. The van der Waals surface area contributed by atoms with Crippen LogP contribution in [0.3, 0.4) is 0 Å². The van der Waals surface area contributed by atoms with Crippen molar-refractivity contribution in [2.45, 2.75) is 0 Å². The molecule has 0 heterocycles. The fourth-order valence-corrected chi connectivity index (χ4v) is 11.8. The minimum absolute atomic E-state index is 0.00565. The van der Waals surface area contributed by atoms with Gasteiger partial charge in [-0.25, -0.2) is 26.3 Å². The minimum Gasteiger partial charge on any atom is -0.206 e. The molecule has 14 aromatic carbocycles. The molecule has 0 nitrogen and oxygen atoms in total. The van der Waals surface area contributed by atoms with Gasteiger partial charge in [-0.3, -0.25) is 0 Å². The van der Waals surface area contributed by atoms with Crippen LogP contribution in [0.5, 0.6) is 0 Å². The molecule has 0 unspecified atom stereocenters. The molecule has 0 bridgehead atoms. The van der Waals surface area contributed by atoms with Crippen LogP contribution in [0, 0.1) is 34.9 Å². The summed E-state index contributed by atoms with van der Waals surface area (Å²) in [7, 11) is 0. The largest absolute Gasteiger partial charge is 0.206 e. The molecule has 0 saturated heterocycles. The molecule has 0 N–H and O–H groups in total. The average molecular weight is 889 g/mol. The summed E-state index contributed by atoms with van der Waals surface area (Å²) in [6, 6.07) is 55.2. The van der Waals surface area contributed by atoms with Crippen molar-refractivity contribution in [1.29, 1.82) is 0 Å². The minimum atomic E-state index is -1.41. The van der Waals surface area contributed by atoms with E-state index in [0.717, 1.165) is 122 Å². The van der Waals surface area contributed by atoms with Crippen LogP contribution >= 0.6 is 0 Å². The van der Waals surface area contributed by atoms with Crippen molar-refractivity contribution in [3.8, 4) is 44.5 Å². The number of hydrogen-bond acceptors (Lipinski definition) is 0. The fourth-order valence-electron chi connectivity index (χ4n) is 11.8. The maximum absolute atomic E-state index is 16.3. The van der Waals surface area contributed by atoms with Crippen LogP contribution in [0.2, 0.25) is 0 Å². The normalized spacial score (nSPS) is 12.3. The second-order valence-corrected chi connectivity index (χ2v) is 17.7. The van der Waals surface area contributed by atoms with Gasteiger partial charge < -0.3 is 0 Å². The van der Waals surface area contributed by atoms with Crippen molar-refractivity contribution >= 4 is 97.0 Å². The lowest BCUT2D eigenvalue weighted by Gasteiger charge is -2.19. The molecular weight excluding hydrogens is 859 g/mol. The third-order valence-electron chi connectivity index (χ3n) is 14.3. The van der Waals surface area contributed by atoms with E-state index in [9.17, 15) is 0 Å². The predicted octanol–water partition coefficient (Wildman–Crippen LogP) is 18.4. The summed E-state index contributed by atoms with van der Waals surface area (Å²) in [5.41, 5.74) is 3.15. The van der Waals surface area contributed by atoms with Crippen LogP contribution in [-0.4, -0.2) is 0 Å². The van der Waals surface area contributed by atoms with Gasteiger partial charge in [0, 0.05) is 11.1 Å². The first kappa shape index (κ1) is 38.8. The average Bonchev–Trinajstić information content (AvgIpc) is 3.89. The molecule has 68 heavy (non-hydrogen) atoms. The zero-order valence-corrected chi connectivity index (χ0v) is 35.6. The summed E-state index contributed by atoms with van der Waals surface area (Å²) in [5.74, 6) is -7.36. The molecule has 0 amide bonds. The van der Waals surface area contributed by atoms with Crippen LogP contribution in [0.25, 0.3) is 141 Å². The van der Waals surface area contributed by atoms with E-state index in [1.54, 1.807) is 30.3 Å². The Kier molecular flexibility index (Phi) is 7.99. The van der Waals surface area contributed by atoms with E-state index in [4.69, 9.17) is 0 Å². The van der Waals surface area contributed by atoms with Gasteiger partial charge >= 0.3 is 0 Å². The Labute approximate surface area is 383 Å². The van der Waals surface area contributed by atoms with E-state index in [-0.39, 0.29) is 32.7 Å². The summed E-state index contributed by atoms with van der Waals surface area (Å²) < 4.78 is 95.8. The van der Waals surface area contributed by atoms with Crippen LogP contribution in [-0.2, 0) is 0 Å². The summed E-state index contributed by atoms with van der Waals surface area (Å²) in [6.07, 6.45) is 0. The first-order valence-corrected chi connectivity index (χ1v) is 22.3. The molecule has 0 saturated carbocycles. The molecular formula is C62H30F6. The van der Waals surface area contributed by atoms with Gasteiger partial charge in [0.05, 0.1) is 11.1 Å². The Morgan fingerprint density at radius 1 is 0.191 bits per heavy atom. The molecule has 0 spiro atoms. The molecule has 14 aromatic rings. The third-order valence-corrected chi connectivity index (χ3v) is 14.3. The van der Waals surface area contributed by atoms with Crippen molar-refractivity contribution < 1.29 is 26.3 Å². The SMILES string of the molecule is Fc1ccc(F)c(-c2c3ccccc3c(-c3c(F)ccc(F)c3F)c3cc4c(cc23)c2cccc3c2c4c2cccc4c5c(-c6ccccc6)c6ccccc6c(-c6ccccc6)c5c3c42)c1F. The molecule has 14 rings (SSSR count). The van der Waals surface area contributed by atoms with Gasteiger partial charge in [-0.05, 0) is 156 Å². The highest BCUT2D eigenvalue weighted by atomic mass is 19.2. The molecule has 0 fully saturated rings. The van der Waals surface area contributed by atoms with E-state index in [0.29, 0.717) is 0 Å². The van der Waals surface area contributed by atoms with Gasteiger partial charge in [-0.15, -0.1) is 0 Å². The predicted molar refractivity (Wildman–Crippen MR) is 268 cm³/mol. The number of rotatable bonds is 4. The van der Waals surface area contributed by atoms with Crippen LogP contribution < -0.4 is 0 Å². The van der Waals surface area contributed by atoms with Crippen LogP contribution in [0.4, 0.5) is 26.3 Å². The first-order valence-electron chi connectivity index (χ1n) is 22.3. The molecule has 0 aliphatic rings. The van der Waals surface area contributed by atoms with E-state index in [2.05, 4.69) is 97.1 Å². The Hall–Kier alpha value is -8.48. The van der Waals surface area contributed by atoms with Crippen molar-refractivity contribution in [3.05, 3.63) is 217 Å². The zero-order valence-electron chi connectivity index (χ0n) is 35.6. The van der Waals surface area contributed by atoms with Crippen LogP contribution in [0.1, 0.15) is 0 Å². The van der Waals surface area contributed by atoms with Crippen molar-refractivity contribution in [1.82, 2.24) is 0 Å². The second kappa shape index (κ2) is 14.0. The Balaban J connectivity index is 1.26. The monoisotopic (exact) mass is 888 g/mol. The molecule has 0 aliphatic heterocycles. The number of fused-ring (bicyclic) bond motifs is 11. The van der Waals surface area contributed by atoms with Gasteiger partial charge in [0.15, 0.2) is 23.3 Å². The Bertz CT molecular complexity index is 4480. The quantitative estimate of drug-likeness (QED) is 0.0938. The third kappa shape index (κ3) is 5.01. The topological polar surface area (TPSA) is 0 Å². The van der Waals surface area contributed by atoms with Gasteiger partial charge in [-0.1, -0.05) is 146 Å². The van der Waals surface area contributed by atoms with E-state index < -0.39 is 46.0 Å². The highest BCUT2D eigenvalue weighted by Crippen LogP contribution is 2.57. The van der Waals surface area contributed by atoms with Crippen LogP contribution in [0.15, 0.2) is 182 Å². The molecule has 0 aromatic heterocycles. The standard InChI is InChI=1S/C62H30F6/c63-45-25-27-47(65)61(67)58(45)52-35-19-9-10-20-36(35)53(59-46(64)26-28-48(66)62(59)68)44-30-42-41(29-43(44)52)37-21-11-23-39-51(37)55(42)38-22-12-24-40-54(38)57(39)60-50(32-15-5-2-6-16-32)34-18-8-7-17-33(34)49(56(40)60)31-13-3-1-4-14-31/h1-30H. The lowest BCUT2D eigenvalue weighted by atomic mass is 9.84. The van der Waals surface area contributed by atoms with Crippen molar-refractivity contribution in [3.63, 3.8) is 0 Å². The Morgan fingerprint density at radius 3 is 1.06 bits per heavy atom. The van der Waals surface area contributed by atoms with E-state index in [1.165, 1.54) is 0 Å². The lowest BCUT2D eigenvalue weighted by molar-refractivity contribution is 0.499.